The van der Waals surface area contributed by atoms with Gasteiger partial charge in [0.2, 0.25) is 11.8 Å². The molecule has 0 aliphatic heterocycles. The van der Waals surface area contributed by atoms with Crippen LogP contribution < -0.4 is 20.7 Å². The first-order chi connectivity index (χ1) is 11.5. The zero-order valence-electron chi connectivity index (χ0n) is 13.4. The van der Waals surface area contributed by atoms with Crippen molar-refractivity contribution in [2.45, 2.75) is 6.92 Å². The number of benzene rings is 2. The van der Waals surface area contributed by atoms with Gasteiger partial charge in [-0.1, -0.05) is 12.1 Å². The number of methoxy groups -OCH3 is 1. The molecule has 0 spiro atoms. The predicted molar refractivity (Wildman–Crippen MR) is 104 cm³/mol. The molecule has 0 saturated heterocycles. The first-order valence-electron chi connectivity index (χ1n) is 7.23. The summed E-state index contributed by atoms with van der Waals surface area (Å²) < 4.78 is 6.27. The van der Waals surface area contributed by atoms with Crippen molar-refractivity contribution in [2.24, 2.45) is 0 Å². The van der Waals surface area contributed by atoms with E-state index in [-0.39, 0.29) is 18.4 Å². The zero-order valence-corrected chi connectivity index (χ0v) is 15.5. The molecule has 0 fully saturated rings. The average Bonchev–Trinajstić information content (AvgIpc) is 2.54. The van der Waals surface area contributed by atoms with Crippen LogP contribution in [0.5, 0.6) is 5.75 Å². The second-order valence-electron chi connectivity index (χ2n) is 4.98. The minimum atomic E-state index is -0.215. The number of carbonyl (C=O) groups is 2. The van der Waals surface area contributed by atoms with Gasteiger partial charge >= 0.3 is 0 Å². The second kappa shape index (κ2) is 8.53. The number of anilines is 3. The quantitative estimate of drug-likeness (QED) is 0.604. The summed E-state index contributed by atoms with van der Waals surface area (Å²) in [7, 11) is 1.52. The van der Waals surface area contributed by atoms with Gasteiger partial charge in [0.25, 0.3) is 0 Å². The van der Waals surface area contributed by atoms with E-state index in [1.807, 2.05) is 24.3 Å². The monoisotopic (exact) mass is 439 g/mol. The molecule has 0 radical (unpaired) electrons. The minimum absolute atomic E-state index is 0.119. The van der Waals surface area contributed by atoms with Gasteiger partial charge in [0.15, 0.2) is 0 Å². The number of hydrogen-bond acceptors (Lipinski definition) is 4. The summed E-state index contributed by atoms with van der Waals surface area (Å²) in [6, 6.07) is 12.8. The summed E-state index contributed by atoms with van der Waals surface area (Å²) in [5.74, 6) is 0.123. The fraction of sp³-hybridized carbons (Fsp3) is 0.176. The Kier molecular flexibility index (Phi) is 6.42. The highest BCUT2D eigenvalue weighted by molar-refractivity contribution is 14.1. The molecule has 0 heterocycles. The Bertz CT molecular complexity index is 750. The normalized spacial score (nSPS) is 9.96. The van der Waals surface area contributed by atoms with Crippen molar-refractivity contribution in [3.8, 4) is 5.75 Å². The van der Waals surface area contributed by atoms with Crippen molar-refractivity contribution in [1.82, 2.24) is 0 Å². The molecule has 0 aromatic heterocycles. The maximum Gasteiger partial charge on any atom is 0.243 e. The van der Waals surface area contributed by atoms with Crippen LogP contribution in [0.15, 0.2) is 42.5 Å². The van der Waals surface area contributed by atoms with Gasteiger partial charge in [0.05, 0.1) is 19.3 Å². The number of ether oxygens (including phenoxy) is 1. The summed E-state index contributed by atoms with van der Waals surface area (Å²) in [6.45, 7) is 1.54. The molecule has 2 rings (SSSR count). The van der Waals surface area contributed by atoms with E-state index in [1.165, 1.54) is 14.0 Å². The molecule has 6 nitrogen and oxygen atoms in total. The Labute approximate surface area is 154 Å². The molecular weight excluding hydrogens is 421 g/mol. The summed E-state index contributed by atoms with van der Waals surface area (Å²) >= 11 is 2.20. The van der Waals surface area contributed by atoms with Gasteiger partial charge in [0.1, 0.15) is 5.75 Å². The van der Waals surface area contributed by atoms with Crippen molar-refractivity contribution in [3.05, 3.63) is 46.0 Å². The lowest BCUT2D eigenvalue weighted by molar-refractivity contribution is -0.115. The van der Waals surface area contributed by atoms with Crippen molar-refractivity contribution < 1.29 is 14.3 Å². The topological polar surface area (TPSA) is 79.5 Å². The molecule has 0 aliphatic rings. The van der Waals surface area contributed by atoms with E-state index in [0.717, 1.165) is 9.26 Å². The summed E-state index contributed by atoms with van der Waals surface area (Å²) in [5.41, 5.74) is 1.98. The molecule has 2 aromatic carbocycles. The minimum Gasteiger partial charge on any atom is -0.495 e. The molecule has 0 unspecified atom stereocenters. The largest absolute Gasteiger partial charge is 0.495 e. The summed E-state index contributed by atoms with van der Waals surface area (Å²) in [6.07, 6.45) is 0. The van der Waals surface area contributed by atoms with E-state index in [2.05, 4.69) is 38.5 Å². The lowest BCUT2D eigenvalue weighted by Crippen LogP contribution is -2.22. The third-order valence-corrected chi connectivity index (χ3v) is 4.05. The summed E-state index contributed by atoms with van der Waals surface area (Å²) in [4.78, 5) is 23.3. The van der Waals surface area contributed by atoms with Gasteiger partial charge in [-0.3, -0.25) is 9.59 Å². The fourth-order valence-electron chi connectivity index (χ4n) is 2.06. The second-order valence-corrected chi connectivity index (χ2v) is 6.14. The molecule has 7 heteroatoms. The third kappa shape index (κ3) is 5.12. The van der Waals surface area contributed by atoms with Gasteiger partial charge < -0.3 is 20.7 Å². The maximum atomic E-state index is 12.2. The number of rotatable bonds is 6. The SMILES string of the molecule is COc1ccc(NC(C)=O)cc1NC(=O)CNc1ccccc1I. The Balaban J connectivity index is 2.04. The van der Waals surface area contributed by atoms with Crippen LogP contribution in [0.2, 0.25) is 0 Å². The number of amides is 2. The van der Waals surface area contributed by atoms with E-state index in [9.17, 15) is 9.59 Å². The standard InChI is InChI=1S/C17H18IN3O3/c1-11(22)20-12-7-8-16(24-2)15(9-12)21-17(23)10-19-14-6-4-3-5-13(14)18/h3-9,19H,10H2,1-2H3,(H,20,22)(H,21,23). The lowest BCUT2D eigenvalue weighted by atomic mass is 10.2. The Morgan fingerprint density at radius 3 is 2.50 bits per heavy atom. The highest BCUT2D eigenvalue weighted by atomic mass is 127. The van der Waals surface area contributed by atoms with Gasteiger partial charge in [-0.25, -0.2) is 0 Å². The molecule has 0 saturated carbocycles. The van der Waals surface area contributed by atoms with Crippen LogP contribution in [0, 0.1) is 3.57 Å². The maximum absolute atomic E-state index is 12.2. The first kappa shape index (κ1) is 18.1. The molecule has 24 heavy (non-hydrogen) atoms. The fourth-order valence-corrected chi connectivity index (χ4v) is 2.64. The molecule has 2 amide bonds. The lowest BCUT2D eigenvalue weighted by Gasteiger charge is -2.13. The molecule has 0 atom stereocenters. The number of carbonyl (C=O) groups excluding carboxylic acids is 2. The molecular formula is C17H18IN3O3. The molecule has 126 valence electrons. The van der Waals surface area contributed by atoms with Crippen molar-refractivity contribution >= 4 is 51.5 Å². The first-order valence-corrected chi connectivity index (χ1v) is 8.31. The smallest absolute Gasteiger partial charge is 0.243 e. The third-order valence-electron chi connectivity index (χ3n) is 3.11. The van der Waals surface area contributed by atoms with E-state index in [0.29, 0.717) is 17.1 Å². The Hall–Kier alpha value is -2.29. The van der Waals surface area contributed by atoms with Gasteiger partial charge in [-0.2, -0.15) is 0 Å². The van der Waals surface area contributed by atoms with Crippen LogP contribution in [0.25, 0.3) is 0 Å². The van der Waals surface area contributed by atoms with E-state index >= 15 is 0 Å². The van der Waals surface area contributed by atoms with Crippen LogP contribution in [-0.2, 0) is 9.59 Å². The van der Waals surface area contributed by atoms with Crippen LogP contribution in [0.4, 0.5) is 17.1 Å². The average molecular weight is 439 g/mol. The van der Waals surface area contributed by atoms with Gasteiger partial charge in [0, 0.05) is 21.9 Å². The number of hydrogen-bond donors (Lipinski definition) is 3. The van der Waals surface area contributed by atoms with Gasteiger partial charge in [-0.15, -0.1) is 0 Å². The van der Waals surface area contributed by atoms with Crippen molar-refractivity contribution in [1.29, 1.82) is 0 Å². The van der Waals surface area contributed by atoms with Crippen LogP contribution >= 0.6 is 22.6 Å². The van der Waals surface area contributed by atoms with E-state index in [1.54, 1.807) is 18.2 Å². The van der Waals surface area contributed by atoms with Crippen LogP contribution in [0.1, 0.15) is 6.92 Å². The molecule has 0 aliphatic carbocycles. The van der Waals surface area contributed by atoms with Crippen LogP contribution in [0.3, 0.4) is 0 Å². The van der Waals surface area contributed by atoms with Crippen LogP contribution in [-0.4, -0.2) is 25.5 Å². The van der Waals surface area contributed by atoms with Crippen molar-refractivity contribution in [3.63, 3.8) is 0 Å². The Morgan fingerprint density at radius 1 is 1.08 bits per heavy atom. The van der Waals surface area contributed by atoms with E-state index in [4.69, 9.17) is 4.74 Å². The number of para-hydroxylation sites is 1. The van der Waals surface area contributed by atoms with Gasteiger partial charge in [-0.05, 0) is 52.9 Å². The predicted octanol–water partition coefficient (Wildman–Crippen LogP) is 3.31. The number of halogens is 1. The number of nitrogens with one attached hydrogen (secondary N) is 3. The molecule has 2 aromatic rings. The van der Waals surface area contributed by atoms with E-state index < -0.39 is 0 Å². The zero-order chi connectivity index (χ0) is 17.5. The molecule has 0 bridgehead atoms. The molecule has 3 N–H and O–H groups in total. The van der Waals surface area contributed by atoms with Crippen molar-refractivity contribution in [2.75, 3.05) is 29.6 Å². The highest BCUT2D eigenvalue weighted by Gasteiger charge is 2.10. The highest BCUT2D eigenvalue weighted by Crippen LogP contribution is 2.28. The Morgan fingerprint density at radius 2 is 1.83 bits per heavy atom. The summed E-state index contributed by atoms with van der Waals surface area (Å²) in [5, 5.41) is 8.54.